The number of amides is 2. The van der Waals surface area contributed by atoms with Gasteiger partial charge in [0.15, 0.2) is 0 Å². The summed E-state index contributed by atoms with van der Waals surface area (Å²) >= 11 is 0.797. The lowest BCUT2D eigenvalue weighted by Gasteiger charge is -2.28. The molecular formula is C24H28F3NO6S. The van der Waals surface area contributed by atoms with Crippen LogP contribution in [0.25, 0.3) is 11.1 Å². The number of hydrogen-bond acceptors (Lipinski definition) is 7. The number of anilines is 1. The number of esters is 1. The van der Waals surface area contributed by atoms with Crippen molar-refractivity contribution >= 4 is 34.5 Å². The van der Waals surface area contributed by atoms with Crippen molar-refractivity contribution in [3.63, 3.8) is 0 Å². The van der Waals surface area contributed by atoms with Gasteiger partial charge in [-0.1, -0.05) is 12.1 Å². The Bertz CT molecular complexity index is 1070. The zero-order valence-corrected chi connectivity index (χ0v) is 21.3. The highest BCUT2D eigenvalue weighted by atomic mass is 32.1. The van der Waals surface area contributed by atoms with Crippen LogP contribution in [0.15, 0.2) is 29.6 Å². The largest absolute Gasteiger partial charge is 0.462 e. The smallest absolute Gasteiger partial charge is 0.425 e. The molecule has 0 saturated heterocycles. The Morgan fingerprint density at radius 2 is 1.49 bits per heavy atom. The highest BCUT2D eigenvalue weighted by molar-refractivity contribution is 7.15. The summed E-state index contributed by atoms with van der Waals surface area (Å²) in [5.41, 5.74) is -3.06. The van der Waals surface area contributed by atoms with Crippen LogP contribution < -0.4 is 4.90 Å². The minimum absolute atomic E-state index is 0.0466. The van der Waals surface area contributed by atoms with Crippen molar-refractivity contribution < 1.29 is 41.8 Å². The summed E-state index contributed by atoms with van der Waals surface area (Å²) in [5, 5.41) is 1.18. The molecule has 192 valence electrons. The molecule has 1 aromatic carbocycles. The average Bonchev–Trinajstić information content (AvgIpc) is 3.09. The van der Waals surface area contributed by atoms with Gasteiger partial charge in [0.05, 0.1) is 12.2 Å². The number of carbonyl (C=O) groups is 3. The average molecular weight is 516 g/mol. The fourth-order valence-electron chi connectivity index (χ4n) is 2.84. The number of hydrogen-bond donors (Lipinski definition) is 0. The summed E-state index contributed by atoms with van der Waals surface area (Å²) in [7, 11) is 0. The summed E-state index contributed by atoms with van der Waals surface area (Å²) in [6.45, 7) is 11.0. The lowest BCUT2D eigenvalue weighted by molar-refractivity contribution is -0.137. The van der Waals surface area contributed by atoms with Crippen molar-refractivity contribution in [2.75, 3.05) is 11.5 Å². The van der Waals surface area contributed by atoms with E-state index >= 15 is 0 Å². The zero-order chi connectivity index (χ0) is 26.8. The number of rotatable bonds is 4. The molecular weight excluding hydrogens is 487 g/mol. The Hall–Kier alpha value is -3.08. The lowest BCUT2D eigenvalue weighted by atomic mass is 10.0. The Kier molecular flexibility index (Phi) is 8.26. The number of thiophene rings is 1. The van der Waals surface area contributed by atoms with E-state index in [9.17, 15) is 27.6 Å². The molecule has 1 heterocycles. The van der Waals surface area contributed by atoms with Crippen molar-refractivity contribution in [1.29, 1.82) is 0 Å². The van der Waals surface area contributed by atoms with Crippen LogP contribution in [-0.2, 0) is 20.4 Å². The first-order valence-electron chi connectivity index (χ1n) is 10.7. The van der Waals surface area contributed by atoms with Crippen molar-refractivity contribution in [3.05, 3.63) is 40.8 Å². The van der Waals surface area contributed by atoms with Gasteiger partial charge in [0.2, 0.25) is 0 Å². The standard InChI is InChI=1S/C24H28F3NO6S/c1-8-32-19(29)17-16(14-10-9-11-15(12-14)24(25,26)27)13-35-18(17)28(20(30)33-22(2,3)4)21(31)34-23(5,6)7/h9-13H,8H2,1-7H3. The van der Waals surface area contributed by atoms with Crippen molar-refractivity contribution in [2.24, 2.45) is 0 Å². The van der Waals surface area contributed by atoms with Gasteiger partial charge >= 0.3 is 24.3 Å². The van der Waals surface area contributed by atoms with Crippen LogP contribution in [0.3, 0.4) is 0 Å². The molecule has 7 nitrogen and oxygen atoms in total. The van der Waals surface area contributed by atoms with E-state index in [-0.39, 0.29) is 28.3 Å². The molecule has 0 N–H and O–H groups in total. The highest BCUT2D eigenvalue weighted by Crippen LogP contribution is 2.41. The molecule has 0 aliphatic carbocycles. The third-order valence-corrected chi connectivity index (χ3v) is 5.07. The summed E-state index contributed by atoms with van der Waals surface area (Å²) in [4.78, 5) is 39.6. The first kappa shape index (κ1) is 28.2. The fraction of sp³-hybridized carbons (Fsp3) is 0.458. The van der Waals surface area contributed by atoms with E-state index in [2.05, 4.69) is 0 Å². The lowest BCUT2D eigenvalue weighted by Crippen LogP contribution is -2.44. The van der Waals surface area contributed by atoms with Crippen molar-refractivity contribution in [2.45, 2.75) is 65.8 Å². The van der Waals surface area contributed by atoms with Gasteiger partial charge < -0.3 is 14.2 Å². The van der Waals surface area contributed by atoms with Crippen LogP contribution in [0.1, 0.15) is 64.4 Å². The Labute approximate surface area is 205 Å². The van der Waals surface area contributed by atoms with E-state index in [0.29, 0.717) is 4.90 Å². The third-order valence-electron chi connectivity index (χ3n) is 4.11. The summed E-state index contributed by atoms with van der Waals surface area (Å²) in [6.07, 6.45) is -6.85. The third kappa shape index (κ3) is 7.45. The molecule has 2 rings (SSSR count). The second-order valence-electron chi connectivity index (χ2n) is 9.42. The minimum atomic E-state index is -4.61. The number of imide groups is 1. The van der Waals surface area contributed by atoms with Gasteiger partial charge in [-0.15, -0.1) is 11.3 Å². The molecule has 0 radical (unpaired) electrons. The topological polar surface area (TPSA) is 82.1 Å². The van der Waals surface area contributed by atoms with Crippen molar-refractivity contribution in [1.82, 2.24) is 0 Å². The number of alkyl halides is 3. The van der Waals surface area contributed by atoms with E-state index in [1.165, 1.54) is 17.5 Å². The number of carbonyl (C=O) groups excluding carboxylic acids is 3. The molecule has 0 spiro atoms. The van der Waals surface area contributed by atoms with Gasteiger partial charge in [0.1, 0.15) is 21.8 Å². The van der Waals surface area contributed by atoms with E-state index < -0.39 is 41.1 Å². The number of benzene rings is 1. The van der Waals surface area contributed by atoms with Gasteiger partial charge in [0.25, 0.3) is 0 Å². The number of halogens is 3. The molecule has 0 unspecified atom stereocenters. The molecule has 2 aromatic rings. The SMILES string of the molecule is CCOC(=O)c1c(-c2cccc(C(F)(F)F)c2)csc1N(C(=O)OC(C)(C)C)C(=O)OC(C)(C)C. The van der Waals surface area contributed by atoms with Crippen LogP contribution in [0.5, 0.6) is 0 Å². The molecule has 0 aliphatic heterocycles. The Morgan fingerprint density at radius 3 is 1.94 bits per heavy atom. The summed E-state index contributed by atoms with van der Waals surface area (Å²) in [6, 6.07) is 4.35. The second kappa shape index (κ2) is 10.3. The van der Waals surface area contributed by atoms with Crippen LogP contribution in [0.2, 0.25) is 0 Å². The molecule has 0 bridgehead atoms. The monoisotopic (exact) mass is 515 g/mol. The van der Waals surface area contributed by atoms with E-state index in [0.717, 1.165) is 23.5 Å². The quantitative estimate of drug-likeness (QED) is 0.314. The van der Waals surface area contributed by atoms with E-state index in [4.69, 9.17) is 14.2 Å². The normalized spacial score (nSPS) is 12.2. The maximum Gasteiger partial charge on any atom is 0.425 e. The fourth-order valence-corrected chi connectivity index (χ4v) is 3.89. The van der Waals surface area contributed by atoms with Crippen LogP contribution in [-0.4, -0.2) is 36.0 Å². The van der Waals surface area contributed by atoms with Crippen LogP contribution in [0.4, 0.5) is 27.8 Å². The van der Waals surface area contributed by atoms with E-state index in [1.54, 1.807) is 48.5 Å². The molecule has 0 saturated carbocycles. The van der Waals surface area contributed by atoms with Gasteiger partial charge in [0, 0.05) is 10.9 Å². The molecule has 11 heteroatoms. The maximum absolute atomic E-state index is 13.3. The minimum Gasteiger partial charge on any atom is -0.462 e. The Morgan fingerprint density at radius 1 is 0.943 bits per heavy atom. The first-order chi connectivity index (χ1) is 15.9. The molecule has 35 heavy (non-hydrogen) atoms. The van der Waals surface area contributed by atoms with E-state index in [1.807, 2.05) is 0 Å². The van der Waals surface area contributed by atoms with Crippen molar-refractivity contribution in [3.8, 4) is 11.1 Å². The van der Waals surface area contributed by atoms with Gasteiger partial charge in [-0.3, -0.25) is 0 Å². The second-order valence-corrected chi connectivity index (χ2v) is 10.3. The summed E-state index contributed by atoms with van der Waals surface area (Å²) < 4.78 is 55.7. The Balaban J connectivity index is 2.75. The van der Waals surface area contributed by atoms with Gasteiger partial charge in [-0.05, 0) is 66.2 Å². The van der Waals surface area contributed by atoms with Crippen LogP contribution in [0, 0.1) is 0 Å². The highest BCUT2D eigenvalue weighted by Gasteiger charge is 2.38. The zero-order valence-electron chi connectivity index (χ0n) is 20.5. The molecule has 2 amide bonds. The number of nitrogens with zero attached hydrogens (tertiary/aromatic N) is 1. The maximum atomic E-state index is 13.3. The van der Waals surface area contributed by atoms with Crippen LogP contribution >= 0.6 is 11.3 Å². The molecule has 1 aromatic heterocycles. The van der Waals surface area contributed by atoms with Gasteiger partial charge in [-0.2, -0.15) is 18.1 Å². The first-order valence-corrected chi connectivity index (χ1v) is 11.5. The molecule has 0 fully saturated rings. The predicted octanol–water partition coefficient (Wildman–Crippen LogP) is 7.29. The predicted molar refractivity (Wildman–Crippen MR) is 126 cm³/mol. The molecule has 0 aliphatic rings. The summed E-state index contributed by atoms with van der Waals surface area (Å²) in [5.74, 6) is -0.923. The molecule has 0 atom stereocenters. The number of ether oxygens (including phenoxy) is 3. The van der Waals surface area contributed by atoms with Gasteiger partial charge in [-0.25, -0.2) is 14.4 Å².